The SMILES string of the molecule is Cc1ccc(C(=O)NC(c2ccccc2)c2ccco2)cc1C. The molecule has 0 fully saturated rings. The van der Waals surface area contributed by atoms with Crippen molar-refractivity contribution in [2.24, 2.45) is 0 Å². The van der Waals surface area contributed by atoms with E-state index in [1.54, 1.807) is 6.26 Å². The van der Waals surface area contributed by atoms with Gasteiger partial charge in [-0.1, -0.05) is 36.4 Å². The van der Waals surface area contributed by atoms with Crippen LogP contribution < -0.4 is 5.32 Å². The van der Waals surface area contributed by atoms with E-state index in [1.807, 2.05) is 74.5 Å². The van der Waals surface area contributed by atoms with E-state index in [1.165, 1.54) is 5.56 Å². The van der Waals surface area contributed by atoms with Gasteiger partial charge in [0.05, 0.1) is 6.26 Å². The molecule has 3 aromatic rings. The molecule has 0 radical (unpaired) electrons. The summed E-state index contributed by atoms with van der Waals surface area (Å²) in [7, 11) is 0. The number of carbonyl (C=O) groups is 1. The molecule has 1 amide bonds. The molecule has 1 heterocycles. The molecule has 1 aromatic heterocycles. The first-order valence-electron chi connectivity index (χ1n) is 7.61. The molecule has 0 spiro atoms. The zero-order valence-corrected chi connectivity index (χ0v) is 13.2. The average molecular weight is 305 g/mol. The van der Waals surface area contributed by atoms with Gasteiger partial charge in [0.15, 0.2) is 0 Å². The molecule has 0 aliphatic carbocycles. The zero-order valence-electron chi connectivity index (χ0n) is 13.2. The molecule has 0 saturated heterocycles. The van der Waals surface area contributed by atoms with Crippen LogP contribution in [0, 0.1) is 13.8 Å². The summed E-state index contributed by atoms with van der Waals surface area (Å²) in [6.07, 6.45) is 1.62. The van der Waals surface area contributed by atoms with Crippen LogP contribution in [0.1, 0.15) is 38.9 Å². The molecule has 1 N–H and O–H groups in total. The number of hydrogen-bond donors (Lipinski definition) is 1. The van der Waals surface area contributed by atoms with Crippen molar-refractivity contribution in [2.75, 3.05) is 0 Å². The minimum Gasteiger partial charge on any atom is -0.467 e. The van der Waals surface area contributed by atoms with E-state index in [4.69, 9.17) is 4.42 Å². The van der Waals surface area contributed by atoms with Crippen LogP contribution in [0.3, 0.4) is 0 Å². The van der Waals surface area contributed by atoms with Crippen molar-refractivity contribution < 1.29 is 9.21 Å². The second-order valence-electron chi connectivity index (χ2n) is 5.63. The van der Waals surface area contributed by atoms with Gasteiger partial charge < -0.3 is 9.73 Å². The Hall–Kier alpha value is -2.81. The fraction of sp³-hybridized carbons (Fsp3) is 0.150. The first-order chi connectivity index (χ1) is 11.1. The van der Waals surface area contributed by atoms with Gasteiger partial charge in [-0.3, -0.25) is 4.79 Å². The largest absolute Gasteiger partial charge is 0.467 e. The zero-order chi connectivity index (χ0) is 16.2. The van der Waals surface area contributed by atoms with Gasteiger partial charge in [0.1, 0.15) is 11.8 Å². The highest BCUT2D eigenvalue weighted by Crippen LogP contribution is 2.23. The minimum atomic E-state index is -0.305. The van der Waals surface area contributed by atoms with Crippen LogP contribution in [-0.4, -0.2) is 5.91 Å². The van der Waals surface area contributed by atoms with Crippen LogP contribution in [0.15, 0.2) is 71.3 Å². The quantitative estimate of drug-likeness (QED) is 0.775. The van der Waals surface area contributed by atoms with Crippen molar-refractivity contribution >= 4 is 5.91 Å². The van der Waals surface area contributed by atoms with Gasteiger partial charge in [-0.15, -0.1) is 0 Å². The molecule has 116 valence electrons. The Morgan fingerprint density at radius 1 is 0.957 bits per heavy atom. The van der Waals surface area contributed by atoms with E-state index in [9.17, 15) is 4.79 Å². The Morgan fingerprint density at radius 3 is 2.39 bits per heavy atom. The summed E-state index contributed by atoms with van der Waals surface area (Å²) in [5.41, 5.74) is 3.92. The minimum absolute atomic E-state index is 0.113. The molecule has 0 saturated carbocycles. The molecule has 2 aromatic carbocycles. The number of rotatable bonds is 4. The van der Waals surface area contributed by atoms with E-state index >= 15 is 0 Å². The third-order valence-corrected chi connectivity index (χ3v) is 4.01. The fourth-order valence-corrected chi connectivity index (χ4v) is 2.52. The summed E-state index contributed by atoms with van der Waals surface area (Å²) in [5.74, 6) is 0.603. The highest BCUT2D eigenvalue weighted by molar-refractivity contribution is 5.94. The van der Waals surface area contributed by atoms with E-state index in [0.717, 1.165) is 11.1 Å². The van der Waals surface area contributed by atoms with Crippen LogP contribution in [0.5, 0.6) is 0 Å². The summed E-state index contributed by atoms with van der Waals surface area (Å²) >= 11 is 0. The lowest BCUT2D eigenvalue weighted by Crippen LogP contribution is -2.29. The summed E-state index contributed by atoms with van der Waals surface area (Å²) in [4.78, 5) is 12.6. The molecule has 3 nitrogen and oxygen atoms in total. The number of carbonyl (C=O) groups excluding carboxylic acids is 1. The lowest BCUT2D eigenvalue weighted by atomic mass is 10.0. The molecule has 1 atom stereocenters. The van der Waals surface area contributed by atoms with Gasteiger partial charge in [-0.25, -0.2) is 0 Å². The maximum Gasteiger partial charge on any atom is 0.252 e. The van der Waals surface area contributed by atoms with Crippen molar-refractivity contribution in [1.82, 2.24) is 5.32 Å². The highest BCUT2D eigenvalue weighted by atomic mass is 16.3. The van der Waals surface area contributed by atoms with E-state index in [2.05, 4.69) is 5.32 Å². The first kappa shape index (κ1) is 15.1. The maximum atomic E-state index is 12.6. The predicted octanol–water partition coefficient (Wildman–Crippen LogP) is 4.42. The standard InChI is InChI=1S/C20H19NO2/c1-14-10-11-17(13-15(14)2)20(22)21-19(18-9-6-12-23-18)16-7-4-3-5-8-16/h3-13,19H,1-2H3,(H,21,22). The lowest BCUT2D eigenvalue weighted by molar-refractivity contribution is 0.0939. The van der Waals surface area contributed by atoms with Crippen LogP contribution >= 0.6 is 0 Å². The van der Waals surface area contributed by atoms with Crippen molar-refractivity contribution in [3.63, 3.8) is 0 Å². The number of amides is 1. The fourth-order valence-electron chi connectivity index (χ4n) is 2.52. The molecule has 1 unspecified atom stereocenters. The number of furan rings is 1. The summed E-state index contributed by atoms with van der Waals surface area (Å²) < 4.78 is 5.51. The molecule has 0 bridgehead atoms. The average Bonchev–Trinajstić information content (AvgIpc) is 3.10. The first-order valence-corrected chi connectivity index (χ1v) is 7.61. The van der Waals surface area contributed by atoms with Gasteiger partial charge in [-0.05, 0) is 54.8 Å². The maximum absolute atomic E-state index is 12.6. The Balaban J connectivity index is 1.89. The summed E-state index contributed by atoms with van der Waals surface area (Å²) in [6, 6.07) is 18.9. The molecule has 3 heteroatoms. The van der Waals surface area contributed by atoms with Crippen molar-refractivity contribution in [1.29, 1.82) is 0 Å². The van der Waals surface area contributed by atoms with Gasteiger partial charge in [0.25, 0.3) is 5.91 Å². The number of benzene rings is 2. The van der Waals surface area contributed by atoms with Gasteiger partial charge >= 0.3 is 0 Å². The summed E-state index contributed by atoms with van der Waals surface area (Å²) in [6.45, 7) is 4.04. The highest BCUT2D eigenvalue weighted by Gasteiger charge is 2.20. The monoisotopic (exact) mass is 305 g/mol. The number of aryl methyl sites for hydroxylation is 2. The Bertz CT molecular complexity index is 792. The van der Waals surface area contributed by atoms with E-state index in [0.29, 0.717) is 11.3 Å². The Morgan fingerprint density at radius 2 is 1.74 bits per heavy atom. The van der Waals surface area contributed by atoms with Crippen LogP contribution in [0.25, 0.3) is 0 Å². The third kappa shape index (κ3) is 3.34. The number of hydrogen-bond acceptors (Lipinski definition) is 2. The molecule has 3 rings (SSSR count). The van der Waals surface area contributed by atoms with Gasteiger partial charge in [0.2, 0.25) is 0 Å². The second-order valence-corrected chi connectivity index (χ2v) is 5.63. The molecule has 0 aliphatic rings. The van der Waals surface area contributed by atoms with Gasteiger partial charge in [0, 0.05) is 5.56 Å². The predicted molar refractivity (Wildman–Crippen MR) is 90.4 cm³/mol. The number of nitrogens with one attached hydrogen (secondary N) is 1. The van der Waals surface area contributed by atoms with Crippen LogP contribution in [0.2, 0.25) is 0 Å². The smallest absolute Gasteiger partial charge is 0.252 e. The normalized spacial score (nSPS) is 11.9. The lowest BCUT2D eigenvalue weighted by Gasteiger charge is -2.17. The second kappa shape index (κ2) is 6.53. The van der Waals surface area contributed by atoms with Crippen molar-refractivity contribution in [2.45, 2.75) is 19.9 Å². The summed E-state index contributed by atoms with van der Waals surface area (Å²) in [5, 5.41) is 3.07. The molecular formula is C20H19NO2. The topological polar surface area (TPSA) is 42.2 Å². The Labute approximate surface area is 136 Å². The Kier molecular flexibility index (Phi) is 4.29. The van der Waals surface area contributed by atoms with E-state index < -0.39 is 0 Å². The van der Waals surface area contributed by atoms with E-state index in [-0.39, 0.29) is 11.9 Å². The van der Waals surface area contributed by atoms with Gasteiger partial charge in [-0.2, -0.15) is 0 Å². The van der Waals surface area contributed by atoms with Crippen molar-refractivity contribution in [3.05, 3.63) is 94.9 Å². The van der Waals surface area contributed by atoms with Crippen LogP contribution in [-0.2, 0) is 0 Å². The third-order valence-electron chi connectivity index (χ3n) is 4.01. The molecular weight excluding hydrogens is 286 g/mol. The van der Waals surface area contributed by atoms with Crippen molar-refractivity contribution in [3.8, 4) is 0 Å². The van der Waals surface area contributed by atoms with Crippen LogP contribution in [0.4, 0.5) is 0 Å². The molecule has 0 aliphatic heterocycles. The molecule has 23 heavy (non-hydrogen) atoms.